The van der Waals surface area contributed by atoms with Crippen molar-refractivity contribution in [1.82, 2.24) is 14.9 Å². The highest BCUT2D eigenvalue weighted by Gasteiger charge is 2.42. The molecule has 2 fully saturated rings. The number of aromatic nitrogens is 2. The third-order valence-corrected chi connectivity index (χ3v) is 9.28. The van der Waals surface area contributed by atoms with Gasteiger partial charge in [0.2, 0.25) is 5.95 Å². The highest BCUT2D eigenvalue weighted by Crippen LogP contribution is 2.38. The Bertz CT molecular complexity index is 1340. The monoisotopic (exact) mass is 685 g/mol. The molecule has 1 amide bonds. The molecule has 2 aromatic rings. The standard InChI is InChI=1S/C33H44F5N5O5/c1-4-25-15-27(16-26(5-2)43(25)31(47)48-28-8-6-21(7-9-28)29(45)46)42(30-40-17-24(18-41-30)39-10-11-44)19-20-12-22(32(3,34)35)14-23(13-20)33(36,37)38/h12-14,17-18,21,25-28,39,44H,4-11,15-16,19H2,1-3H3,(H,45,46)/t21?,25-,26+,27?,28?. The molecule has 266 valence electrons. The van der Waals surface area contributed by atoms with Crippen LogP contribution in [-0.4, -0.2) is 74.5 Å². The summed E-state index contributed by atoms with van der Waals surface area (Å²) in [5, 5.41) is 21.4. The van der Waals surface area contributed by atoms with E-state index in [1.54, 1.807) is 9.80 Å². The van der Waals surface area contributed by atoms with E-state index in [1.807, 2.05) is 13.8 Å². The van der Waals surface area contributed by atoms with Crippen LogP contribution in [0.3, 0.4) is 0 Å². The molecule has 10 nitrogen and oxygen atoms in total. The zero-order valence-electron chi connectivity index (χ0n) is 27.3. The molecule has 1 aliphatic heterocycles. The van der Waals surface area contributed by atoms with E-state index in [2.05, 4.69) is 15.3 Å². The third-order valence-electron chi connectivity index (χ3n) is 9.28. The van der Waals surface area contributed by atoms with Gasteiger partial charge in [0.25, 0.3) is 5.92 Å². The number of nitrogens with zero attached hydrogens (tertiary/aromatic N) is 4. The number of alkyl halides is 5. The molecule has 1 saturated carbocycles. The lowest BCUT2D eigenvalue weighted by atomic mass is 9.87. The summed E-state index contributed by atoms with van der Waals surface area (Å²) in [6.45, 7) is 4.30. The molecule has 3 atom stereocenters. The number of carboxylic acids is 1. The van der Waals surface area contributed by atoms with Crippen LogP contribution in [0.2, 0.25) is 0 Å². The Kier molecular flexibility index (Phi) is 12.1. The van der Waals surface area contributed by atoms with E-state index >= 15 is 0 Å². The van der Waals surface area contributed by atoms with Crippen molar-refractivity contribution in [2.45, 2.75) is 115 Å². The second-order valence-electron chi connectivity index (χ2n) is 12.7. The normalized spacial score (nSPS) is 23.4. The smallest absolute Gasteiger partial charge is 0.416 e. The van der Waals surface area contributed by atoms with Crippen LogP contribution in [0.4, 0.5) is 38.4 Å². The Balaban J connectivity index is 1.64. The van der Waals surface area contributed by atoms with Crippen molar-refractivity contribution in [2.75, 3.05) is 23.4 Å². The topological polar surface area (TPSA) is 128 Å². The number of aliphatic hydroxyl groups excluding tert-OH is 1. The van der Waals surface area contributed by atoms with Gasteiger partial charge < -0.3 is 30.1 Å². The van der Waals surface area contributed by atoms with Gasteiger partial charge in [0.05, 0.1) is 36.2 Å². The van der Waals surface area contributed by atoms with E-state index in [-0.39, 0.29) is 49.3 Å². The first-order chi connectivity index (χ1) is 22.6. The predicted octanol–water partition coefficient (Wildman–Crippen LogP) is 6.82. The number of carbonyl (C=O) groups excluding carboxylic acids is 1. The van der Waals surface area contributed by atoms with Gasteiger partial charge in [-0.1, -0.05) is 13.8 Å². The molecule has 1 aromatic carbocycles. The molecule has 1 saturated heterocycles. The summed E-state index contributed by atoms with van der Waals surface area (Å²) in [7, 11) is 0. The Labute approximate surface area is 276 Å². The van der Waals surface area contributed by atoms with E-state index in [0.717, 1.165) is 12.1 Å². The number of aliphatic carboxylic acids is 1. The first-order valence-electron chi connectivity index (χ1n) is 16.4. The lowest BCUT2D eigenvalue weighted by molar-refractivity contribution is -0.143. The van der Waals surface area contributed by atoms with E-state index in [1.165, 1.54) is 12.4 Å². The zero-order chi connectivity index (χ0) is 35.2. The molecule has 0 bridgehead atoms. The minimum absolute atomic E-state index is 0.00679. The van der Waals surface area contributed by atoms with E-state index < -0.39 is 47.3 Å². The van der Waals surface area contributed by atoms with Gasteiger partial charge in [-0.25, -0.2) is 23.5 Å². The Morgan fingerprint density at radius 1 is 0.979 bits per heavy atom. The van der Waals surface area contributed by atoms with Crippen molar-refractivity contribution in [2.24, 2.45) is 5.92 Å². The molecule has 2 heterocycles. The van der Waals surface area contributed by atoms with Crippen LogP contribution < -0.4 is 10.2 Å². The van der Waals surface area contributed by atoms with Crippen LogP contribution in [0.15, 0.2) is 30.6 Å². The maximum absolute atomic E-state index is 14.4. The molecule has 48 heavy (non-hydrogen) atoms. The van der Waals surface area contributed by atoms with E-state index in [0.29, 0.717) is 70.0 Å². The molecule has 0 spiro atoms. The lowest BCUT2D eigenvalue weighted by Gasteiger charge is -2.47. The summed E-state index contributed by atoms with van der Waals surface area (Å²) < 4.78 is 76.2. The van der Waals surface area contributed by atoms with Crippen molar-refractivity contribution in [3.05, 3.63) is 47.3 Å². The average molecular weight is 686 g/mol. The number of ether oxygens (including phenoxy) is 1. The Morgan fingerprint density at radius 2 is 1.56 bits per heavy atom. The molecular weight excluding hydrogens is 641 g/mol. The predicted molar refractivity (Wildman–Crippen MR) is 168 cm³/mol. The van der Waals surface area contributed by atoms with Gasteiger partial charge in [-0.3, -0.25) is 4.79 Å². The van der Waals surface area contributed by atoms with Gasteiger partial charge in [0.15, 0.2) is 0 Å². The number of aliphatic hydroxyl groups is 1. The number of rotatable bonds is 12. The number of benzene rings is 1. The van der Waals surface area contributed by atoms with Gasteiger partial charge in [-0.15, -0.1) is 0 Å². The van der Waals surface area contributed by atoms with Gasteiger partial charge in [0, 0.05) is 43.7 Å². The second kappa shape index (κ2) is 15.6. The molecule has 2 aliphatic rings. The number of likely N-dealkylation sites (tertiary alicyclic amines) is 1. The molecule has 0 radical (unpaired) electrons. The Hall–Kier alpha value is -3.75. The van der Waals surface area contributed by atoms with Crippen molar-refractivity contribution >= 4 is 23.7 Å². The summed E-state index contributed by atoms with van der Waals surface area (Å²) in [6, 6.07) is 1.37. The number of halogens is 5. The van der Waals surface area contributed by atoms with Gasteiger partial charge in [-0.05, 0) is 75.1 Å². The van der Waals surface area contributed by atoms with Gasteiger partial charge >= 0.3 is 18.2 Å². The quantitative estimate of drug-likeness (QED) is 0.206. The SMILES string of the molecule is CC[C@@H]1CC(N(Cc2cc(C(C)(F)F)cc(C(F)(F)F)c2)c2ncc(NCCO)cn2)C[C@H](CC)N1C(=O)OC1CCC(C(=O)O)CC1. The zero-order valence-corrected chi connectivity index (χ0v) is 27.3. The first kappa shape index (κ1) is 37.1. The highest BCUT2D eigenvalue weighted by atomic mass is 19.4. The van der Waals surface area contributed by atoms with Crippen LogP contribution >= 0.6 is 0 Å². The maximum atomic E-state index is 14.4. The molecule has 1 aliphatic carbocycles. The fourth-order valence-corrected chi connectivity index (χ4v) is 6.68. The van der Waals surface area contributed by atoms with Crippen LogP contribution in [0, 0.1) is 5.92 Å². The summed E-state index contributed by atoms with van der Waals surface area (Å²) in [6.07, 6.45) is 0.842. The molecular formula is C33H44F5N5O5. The molecule has 1 unspecified atom stereocenters. The number of anilines is 2. The molecule has 3 N–H and O–H groups in total. The number of piperidine rings is 1. The second-order valence-corrected chi connectivity index (χ2v) is 12.7. The highest BCUT2D eigenvalue weighted by molar-refractivity contribution is 5.70. The van der Waals surface area contributed by atoms with E-state index in [9.17, 15) is 36.6 Å². The molecule has 1 aromatic heterocycles. The fraction of sp³-hybridized carbons (Fsp3) is 0.636. The number of carboxylic acid groups (broad SMARTS) is 1. The number of amides is 1. The van der Waals surface area contributed by atoms with Crippen LogP contribution in [0.1, 0.15) is 88.8 Å². The minimum atomic E-state index is -4.85. The van der Waals surface area contributed by atoms with E-state index in [4.69, 9.17) is 9.84 Å². The Morgan fingerprint density at radius 3 is 2.06 bits per heavy atom. The number of hydrogen-bond donors (Lipinski definition) is 3. The summed E-state index contributed by atoms with van der Waals surface area (Å²) in [5.41, 5.74) is -1.43. The fourth-order valence-electron chi connectivity index (χ4n) is 6.68. The van der Waals surface area contributed by atoms with Gasteiger partial charge in [0.1, 0.15) is 6.10 Å². The largest absolute Gasteiger partial charge is 0.481 e. The summed E-state index contributed by atoms with van der Waals surface area (Å²) >= 11 is 0. The minimum Gasteiger partial charge on any atom is -0.481 e. The number of carbonyl (C=O) groups is 2. The molecule has 15 heteroatoms. The first-order valence-corrected chi connectivity index (χ1v) is 16.4. The van der Waals surface area contributed by atoms with Crippen LogP contribution in [0.25, 0.3) is 0 Å². The summed E-state index contributed by atoms with van der Waals surface area (Å²) in [4.78, 5) is 37.3. The van der Waals surface area contributed by atoms with Crippen molar-refractivity contribution < 1.29 is 46.5 Å². The van der Waals surface area contributed by atoms with Crippen LogP contribution in [-0.2, 0) is 28.2 Å². The number of hydrogen-bond acceptors (Lipinski definition) is 8. The summed E-state index contributed by atoms with van der Waals surface area (Å²) in [5.74, 6) is -4.65. The van der Waals surface area contributed by atoms with Crippen molar-refractivity contribution in [3.8, 4) is 0 Å². The maximum Gasteiger partial charge on any atom is 0.416 e. The molecule has 4 rings (SSSR count). The average Bonchev–Trinajstić information content (AvgIpc) is 3.05. The third kappa shape index (κ3) is 9.23. The number of nitrogens with one attached hydrogen (secondary N) is 1. The van der Waals surface area contributed by atoms with Crippen LogP contribution in [0.5, 0.6) is 0 Å². The van der Waals surface area contributed by atoms with Crippen molar-refractivity contribution in [1.29, 1.82) is 0 Å². The van der Waals surface area contributed by atoms with Gasteiger partial charge in [-0.2, -0.15) is 13.2 Å². The van der Waals surface area contributed by atoms with Crippen molar-refractivity contribution in [3.63, 3.8) is 0 Å². The lowest BCUT2D eigenvalue weighted by Crippen LogP contribution is -2.57.